The van der Waals surface area contributed by atoms with Gasteiger partial charge in [-0.1, -0.05) is 0 Å². The van der Waals surface area contributed by atoms with Crippen molar-refractivity contribution in [3.05, 3.63) is 0 Å². The van der Waals surface area contributed by atoms with Crippen molar-refractivity contribution in [1.29, 1.82) is 0 Å². The Balaban J connectivity index is 1.80. The molecular formula is C11H19F3N2. The molecule has 1 N–H and O–H groups in total. The first-order valence-electron chi connectivity index (χ1n) is 6.09. The van der Waals surface area contributed by atoms with Gasteiger partial charge in [0.25, 0.3) is 0 Å². The Labute approximate surface area is 94.2 Å². The smallest absolute Gasteiger partial charge is 0.314 e. The van der Waals surface area contributed by atoms with Crippen LogP contribution in [0.15, 0.2) is 0 Å². The molecule has 0 atom stereocenters. The molecule has 1 heterocycles. The second kappa shape index (κ2) is 4.92. The van der Waals surface area contributed by atoms with Gasteiger partial charge < -0.3 is 5.32 Å². The molecule has 2 rings (SSSR count). The Hall–Kier alpha value is -0.290. The largest absolute Gasteiger partial charge is 0.391 e. The van der Waals surface area contributed by atoms with Crippen molar-refractivity contribution in [2.45, 2.75) is 37.9 Å². The fraction of sp³-hybridized carbons (Fsp3) is 1.00. The molecule has 0 aromatic carbocycles. The van der Waals surface area contributed by atoms with Crippen LogP contribution in [-0.4, -0.2) is 43.3 Å². The highest BCUT2D eigenvalue weighted by atomic mass is 19.4. The van der Waals surface area contributed by atoms with E-state index in [9.17, 15) is 13.2 Å². The van der Waals surface area contributed by atoms with E-state index < -0.39 is 12.1 Å². The van der Waals surface area contributed by atoms with Gasteiger partial charge in [0, 0.05) is 32.2 Å². The van der Waals surface area contributed by atoms with E-state index in [1.54, 1.807) is 0 Å². The molecule has 2 aliphatic rings. The van der Waals surface area contributed by atoms with Crippen molar-refractivity contribution in [3.8, 4) is 0 Å². The molecule has 0 spiro atoms. The summed E-state index contributed by atoms with van der Waals surface area (Å²) in [5, 5.41) is 3.27. The highest BCUT2D eigenvalue weighted by molar-refractivity contribution is 4.84. The van der Waals surface area contributed by atoms with Crippen LogP contribution >= 0.6 is 0 Å². The number of piperazine rings is 1. The lowest BCUT2D eigenvalue weighted by Gasteiger charge is -2.39. The number of alkyl halides is 3. The molecule has 0 aromatic rings. The summed E-state index contributed by atoms with van der Waals surface area (Å²) in [4.78, 5) is 2.35. The Kier molecular flexibility index (Phi) is 3.74. The maximum absolute atomic E-state index is 12.5. The Bertz CT molecular complexity index is 216. The van der Waals surface area contributed by atoms with Crippen molar-refractivity contribution >= 4 is 0 Å². The number of rotatable bonds is 1. The average molecular weight is 236 g/mol. The molecule has 0 radical (unpaired) electrons. The van der Waals surface area contributed by atoms with E-state index in [0.717, 1.165) is 26.2 Å². The third kappa shape index (κ3) is 2.88. The number of nitrogens with zero attached hydrogens (tertiary/aromatic N) is 1. The minimum absolute atomic E-state index is 0.318. The van der Waals surface area contributed by atoms with Gasteiger partial charge in [-0.25, -0.2) is 0 Å². The summed E-state index contributed by atoms with van der Waals surface area (Å²) in [6.07, 6.45) is -1.92. The predicted molar refractivity (Wildman–Crippen MR) is 56.2 cm³/mol. The second-order valence-corrected chi connectivity index (χ2v) is 4.83. The summed E-state index contributed by atoms with van der Waals surface area (Å²) in [6.45, 7) is 3.92. The average Bonchev–Trinajstić information content (AvgIpc) is 2.29. The van der Waals surface area contributed by atoms with Crippen molar-refractivity contribution in [2.24, 2.45) is 5.92 Å². The van der Waals surface area contributed by atoms with Crippen molar-refractivity contribution in [2.75, 3.05) is 26.2 Å². The highest BCUT2D eigenvalue weighted by Crippen LogP contribution is 2.38. The SMILES string of the molecule is FC(F)(F)[C@H]1CC[C@@H](N2CCNCC2)CC1. The first kappa shape index (κ1) is 12.2. The zero-order valence-electron chi connectivity index (χ0n) is 9.39. The molecule has 1 saturated carbocycles. The first-order chi connectivity index (χ1) is 7.57. The Morgan fingerprint density at radius 1 is 0.938 bits per heavy atom. The van der Waals surface area contributed by atoms with E-state index in [4.69, 9.17) is 0 Å². The van der Waals surface area contributed by atoms with E-state index in [0.29, 0.717) is 31.7 Å². The molecule has 0 bridgehead atoms. The van der Waals surface area contributed by atoms with Gasteiger partial charge in [0.1, 0.15) is 0 Å². The summed E-state index contributed by atoms with van der Waals surface area (Å²) in [5.41, 5.74) is 0. The lowest BCUT2D eigenvalue weighted by molar-refractivity contribution is -0.184. The molecule has 1 aliphatic heterocycles. The monoisotopic (exact) mass is 236 g/mol. The predicted octanol–water partition coefficient (Wildman–Crippen LogP) is 2.01. The van der Waals surface area contributed by atoms with Gasteiger partial charge in [0.2, 0.25) is 0 Å². The minimum Gasteiger partial charge on any atom is -0.314 e. The zero-order valence-corrected chi connectivity index (χ0v) is 9.39. The lowest BCUT2D eigenvalue weighted by Crippen LogP contribution is -2.49. The van der Waals surface area contributed by atoms with E-state index >= 15 is 0 Å². The summed E-state index contributed by atoms with van der Waals surface area (Å²) in [7, 11) is 0. The summed E-state index contributed by atoms with van der Waals surface area (Å²) in [6, 6.07) is 0.390. The maximum atomic E-state index is 12.5. The van der Waals surface area contributed by atoms with E-state index in [2.05, 4.69) is 10.2 Å². The van der Waals surface area contributed by atoms with Crippen LogP contribution in [0.2, 0.25) is 0 Å². The number of hydrogen-bond donors (Lipinski definition) is 1. The van der Waals surface area contributed by atoms with E-state index in [-0.39, 0.29) is 0 Å². The molecule has 0 amide bonds. The number of hydrogen-bond acceptors (Lipinski definition) is 2. The van der Waals surface area contributed by atoms with E-state index in [1.165, 1.54) is 0 Å². The van der Waals surface area contributed by atoms with Crippen LogP contribution in [0.5, 0.6) is 0 Å². The molecule has 0 unspecified atom stereocenters. The van der Waals surface area contributed by atoms with Crippen LogP contribution in [0.3, 0.4) is 0 Å². The van der Waals surface area contributed by atoms with Crippen LogP contribution in [0.1, 0.15) is 25.7 Å². The van der Waals surface area contributed by atoms with Crippen LogP contribution < -0.4 is 5.32 Å². The molecule has 5 heteroatoms. The normalized spacial score (nSPS) is 33.9. The highest BCUT2D eigenvalue weighted by Gasteiger charge is 2.42. The third-order valence-corrected chi connectivity index (χ3v) is 3.83. The van der Waals surface area contributed by atoms with Gasteiger partial charge in [-0.3, -0.25) is 4.90 Å². The quantitative estimate of drug-likeness (QED) is 0.749. The topological polar surface area (TPSA) is 15.3 Å². The summed E-state index contributed by atoms with van der Waals surface area (Å²) < 4.78 is 37.5. The van der Waals surface area contributed by atoms with Crippen molar-refractivity contribution in [3.63, 3.8) is 0 Å². The van der Waals surface area contributed by atoms with E-state index in [1.807, 2.05) is 0 Å². The Morgan fingerprint density at radius 3 is 2.00 bits per heavy atom. The van der Waals surface area contributed by atoms with Gasteiger partial charge >= 0.3 is 6.18 Å². The van der Waals surface area contributed by atoms with Gasteiger partial charge in [0.15, 0.2) is 0 Å². The van der Waals surface area contributed by atoms with Gasteiger partial charge in [0.05, 0.1) is 5.92 Å². The molecule has 94 valence electrons. The summed E-state index contributed by atoms with van der Waals surface area (Å²) >= 11 is 0. The second-order valence-electron chi connectivity index (χ2n) is 4.83. The molecule has 2 nitrogen and oxygen atoms in total. The zero-order chi connectivity index (χ0) is 11.6. The molecular weight excluding hydrogens is 217 g/mol. The molecule has 1 aliphatic carbocycles. The van der Waals surface area contributed by atoms with Gasteiger partial charge in [-0.2, -0.15) is 13.2 Å². The third-order valence-electron chi connectivity index (χ3n) is 3.83. The fourth-order valence-electron chi connectivity index (χ4n) is 2.82. The Morgan fingerprint density at radius 2 is 1.50 bits per heavy atom. The van der Waals surface area contributed by atoms with Crippen LogP contribution in [-0.2, 0) is 0 Å². The molecule has 16 heavy (non-hydrogen) atoms. The van der Waals surface area contributed by atoms with Crippen LogP contribution in [0.25, 0.3) is 0 Å². The number of nitrogens with one attached hydrogen (secondary N) is 1. The number of halogens is 3. The molecule has 2 fully saturated rings. The minimum atomic E-state index is -3.98. The first-order valence-corrected chi connectivity index (χ1v) is 6.09. The van der Waals surface area contributed by atoms with Gasteiger partial charge in [-0.05, 0) is 25.7 Å². The standard InChI is InChI=1S/C11H19F3N2/c12-11(13,14)9-1-3-10(4-2-9)16-7-5-15-6-8-16/h9-10,15H,1-8H2/t9-,10+. The maximum Gasteiger partial charge on any atom is 0.391 e. The molecule has 0 aromatic heterocycles. The molecule has 1 saturated heterocycles. The summed E-state index contributed by atoms with van der Waals surface area (Å²) in [5.74, 6) is -1.05. The fourth-order valence-corrected chi connectivity index (χ4v) is 2.82. The van der Waals surface area contributed by atoms with Crippen LogP contribution in [0, 0.1) is 5.92 Å². The van der Waals surface area contributed by atoms with Crippen LogP contribution in [0.4, 0.5) is 13.2 Å². The van der Waals surface area contributed by atoms with Gasteiger partial charge in [-0.15, -0.1) is 0 Å². The van der Waals surface area contributed by atoms with Crippen molar-refractivity contribution < 1.29 is 13.2 Å². The van der Waals surface area contributed by atoms with Crippen molar-refractivity contribution in [1.82, 2.24) is 10.2 Å². The lowest BCUT2D eigenvalue weighted by atomic mass is 9.85.